The van der Waals surface area contributed by atoms with Crippen molar-refractivity contribution in [2.75, 3.05) is 0 Å². The first-order chi connectivity index (χ1) is 7.78. The van der Waals surface area contributed by atoms with Crippen molar-refractivity contribution < 1.29 is 5.11 Å². The molecule has 1 aromatic heterocycles. The SMILES string of the molecule is Cc1cccc(SCc2ncc(CO)[nH]2)c1. The molecule has 0 fully saturated rings. The Balaban J connectivity index is 1.96. The minimum atomic E-state index is 0.0160. The third-order valence-corrected chi connectivity index (χ3v) is 3.22. The van der Waals surface area contributed by atoms with Crippen molar-refractivity contribution in [3.8, 4) is 0 Å². The number of hydrogen-bond donors (Lipinski definition) is 2. The van der Waals surface area contributed by atoms with E-state index in [1.807, 2.05) is 0 Å². The average molecular weight is 234 g/mol. The molecule has 0 atom stereocenters. The minimum absolute atomic E-state index is 0.0160. The van der Waals surface area contributed by atoms with Gasteiger partial charge in [0.05, 0.1) is 24.3 Å². The summed E-state index contributed by atoms with van der Waals surface area (Å²) in [5.41, 5.74) is 2.03. The lowest BCUT2D eigenvalue weighted by molar-refractivity contribution is 0.277. The summed E-state index contributed by atoms with van der Waals surface area (Å²) < 4.78 is 0. The Hall–Kier alpha value is -1.26. The van der Waals surface area contributed by atoms with Crippen LogP contribution in [0.25, 0.3) is 0 Å². The third-order valence-electron chi connectivity index (χ3n) is 2.22. The van der Waals surface area contributed by atoms with E-state index in [1.165, 1.54) is 10.5 Å². The molecule has 0 amide bonds. The molecule has 2 aromatic rings. The number of aromatic amines is 1. The topological polar surface area (TPSA) is 48.9 Å². The smallest absolute Gasteiger partial charge is 0.116 e. The Morgan fingerprint density at radius 1 is 1.44 bits per heavy atom. The van der Waals surface area contributed by atoms with E-state index in [0.29, 0.717) is 0 Å². The van der Waals surface area contributed by atoms with Gasteiger partial charge >= 0.3 is 0 Å². The number of aliphatic hydroxyl groups is 1. The lowest BCUT2D eigenvalue weighted by atomic mass is 10.2. The first-order valence-corrected chi connectivity index (χ1v) is 6.09. The fourth-order valence-corrected chi connectivity index (χ4v) is 2.31. The number of thioether (sulfide) groups is 1. The molecule has 3 nitrogen and oxygen atoms in total. The fourth-order valence-electron chi connectivity index (χ4n) is 1.42. The summed E-state index contributed by atoms with van der Waals surface area (Å²) >= 11 is 1.74. The first-order valence-electron chi connectivity index (χ1n) is 5.11. The number of benzene rings is 1. The van der Waals surface area contributed by atoms with Crippen LogP contribution in [0.2, 0.25) is 0 Å². The average Bonchev–Trinajstić information content (AvgIpc) is 2.74. The summed E-state index contributed by atoms with van der Waals surface area (Å²) in [5.74, 6) is 1.69. The van der Waals surface area contributed by atoms with Crippen LogP contribution in [0.15, 0.2) is 35.4 Å². The molecule has 0 aliphatic carbocycles. The second-order valence-corrected chi connectivity index (χ2v) is 4.67. The van der Waals surface area contributed by atoms with Crippen LogP contribution in [-0.4, -0.2) is 15.1 Å². The highest BCUT2D eigenvalue weighted by molar-refractivity contribution is 7.98. The van der Waals surface area contributed by atoms with Gasteiger partial charge in [0.2, 0.25) is 0 Å². The monoisotopic (exact) mass is 234 g/mol. The number of nitrogens with zero attached hydrogens (tertiary/aromatic N) is 1. The van der Waals surface area contributed by atoms with Crippen molar-refractivity contribution in [2.24, 2.45) is 0 Å². The molecule has 1 heterocycles. The summed E-state index contributed by atoms with van der Waals surface area (Å²) in [4.78, 5) is 8.49. The van der Waals surface area contributed by atoms with Crippen molar-refractivity contribution in [2.45, 2.75) is 24.2 Å². The molecule has 1 aromatic carbocycles. The van der Waals surface area contributed by atoms with Gasteiger partial charge in [-0.3, -0.25) is 0 Å². The number of imidazole rings is 1. The Kier molecular flexibility index (Phi) is 3.64. The van der Waals surface area contributed by atoms with E-state index >= 15 is 0 Å². The highest BCUT2D eigenvalue weighted by Crippen LogP contribution is 2.22. The van der Waals surface area contributed by atoms with Gasteiger partial charge in [0.25, 0.3) is 0 Å². The molecule has 16 heavy (non-hydrogen) atoms. The third kappa shape index (κ3) is 2.87. The number of hydrogen-bond acceptors (Lipinski definition) is 3. The van der Waals surface area contributed by atoms with E-state index in [9.17, 15) is 0 Å². The maximum atomic E-state index is 8.89. The minimum Gasteiger partial charge on any atom is -0.390 e. The van der Waals surface area contributed by atoms with E-state index in [0.717, 1.165) is 17.3 Å². The molecular weight excluding hydrogens is 220 g/mol. The van der Waals surface area contributed by atoms with Crippen molar-refractivity contribution in [3.05, 3.63) is 47.5 Å². The zero-order valence-electron chi connectivity index (χ0n) is 9.10. The normalized spacial score (nSPS) is 10.6. The molecule has 84 valence electrons. The summed E-state index contributed by atoms with van der Waals surface area (Å²) in [5, 5.41) is 8.89. The van der Waals surface area contributed by atoms with E-state index < -0.39 is 0 Å². The summed E-state index contributed by atoms with van der Waals surface area (Å²) in [6.45, 7) is 2.10. The van der Waals surface area contributed by atoms with E-state index in [4.69, 9.17) is 5.11 Å². The van der Waals surface area contributed by atoms with E-state index in [-0.39, 0.29) is 6.61 Å². The van der Waals surface area contributed by atoms with Crippen molar-refractivity contribution >= 4 is 11.8 Å². The van der Waals surface area contributed by atoms with Gasteiger partial charge in [-0.1, -0.05) is 17.7 Å². The number of H-pyrrole nitrogens is 1. The molecule has 2 N–H and O–H groups in total. The van der Waals surface area contributed by atoms with Crippen LogP contribution in [0.5, 0.6) is 0 Å². The van der Waals surface area contributed by atoms with Crippen LogP contribution < -0.4 is 0 Å². The molecule has 0 aliphatic rings. The van der Waals surface area contributed by atoms with Gasteiger partial charge in [0, 0.05) is 4.90 Å². The number of aliphatic hydroxyl groups excluding tert-OH is 1. The van der Waals surface area contributed by atoms with Gasteiger partial charge in [0.15, 0.2) is 0 Å². The van der Waals surface area contributed by atoms with Gasteiger partial charge in [-0.25, -0.2) is 4.98 Å². The van der Waals surface area contributed by atoms with Crippen molar-refractivity contribution in [3.63, 3.8) is 0 Å². The van der Waals surface area contributed by atoms with Crippen LogP contribution in [0.1, 0.15) is 17.1 Å². The number of aromatic nitrogens is 2. The molecule has 0 saturated carbocycles. The maximum Gasteiger partial charge on any atom is 0.116 e. The van der Waals surface area contributed by atoms with Crippen molar-refractivity contribution in [1.82, 2.24) is 9.97 Å². The van der Waals surface area contributed by atoms with Crippen LogP contribution in [0.3, 0.4) is 0 Å². The molecule has 0 aliphatic heterocycles. The van der Waals surface area contributed by atoms with Crippen LogP contribution >= 0.6 is 11.8 Å². The summed E-state index contributed by atoms with van der Waals surface area (Å²) in [6, 6.07) is 8.38. The molecule has 0 bridgehead atoms. The van der Waals surface area contributed by atoms with E-state index in [1.54, 1.807) is 18.0 Å². The quantitative estimate of drug-likeness (QED) is 0.799. The van der Waals surface area contributed by atoms with Gasteiger partial charge in [-0.05, 0) is 19.1 Å². The largest absolute Gasteiger partial charge is 0.390 e. The Bertz CT molecular complexity index is 468. The predicted molar refractivity (Wildman–Crippen MR) is 65.3 cm³/mol. The molecule has 4 heteroatoms. The van der Waals surface area contributed by atoms with Gasteiger partial charge in [-0.2, -0.15) is 0 Å². The number of nitrogens with one attached hydrogen (secondary N) is 1. The van der Waals surface area contributed by atoms with E-state index in [2.05, 4.69) is 41.2 Å². The standard InChI is InChI=1S/C12H14N2OS/c1-9-3-2-4-11(5-9)16-8-12-13-6-10(7-15)14-12/h2-6,15H,7-8H2,1H3,(H,13,14). The molecule has 0 radical (unpaired) electrons. The van der Waals surface area contributed by atoms with Crippen LogP contribution in [-0.2, 0) is 12.4 Å². The van der Waals surface area contributed by atoms with Crippen LogP contribution in [0, 0.1) is 6.92 Å². The second kappa shape index (κ2) is 5.18. The fraction of sp³-hybridized carbons (Fsp3) is 0.250. The van der Waals surface area contributed by atoms with Gasteiger partial charge < -0.3 is 10.1 Å². The zero-order valence-corrected chi connectivity index (χ0v) is 9.92. The van der Waals surface area contributed by atoms with Crippen molar-refractivity contribution in [1.29, 1.82) is 0 Å². The lowest BCUT2D eigenvalue weighted by Crippen LogP contribution is -1.86. The number of rotatable bonds is 4. The Morgan fingerprint density at radius 2 is 2.31 bits per heavy atom. The second-order valence-electron chi connectivity index (χ2n) is 3.62. The van der Waals surface area contributed by atoms with Gasteiger partial charge in [0.1, 0.15) is 5.82 Å². The lowest BCUT2D eigenvalue weighted by Gasteiger charge is -2.00. The summed E-state index contributed by atoms with van der Waals surface area (Å²) in [6.07, 6.45) is 1.67. The molecular formula is C12H14N2OS. The van der Waals surface area contributed by atoms with Gasteiger partial charge in [-0.15, -0.1) is 11.8 Å². The number of aryl methyl sites for hydroxylation is 1. The Labute approximate surface area is 98.9 Å². The zero-order chi connectivity index (χ0) is 11.4. The Morgan fingerprint density at radius 3 is 3.00 bits per heavy atom. The summed E-state index contributed by atoms with van der Waals surface area (Å²) in [7, 11) is 0. The highest BCUT2D eigenvalue weighted by atomic mass is 32.2. The van der Waals surface area contributed by atoms with Crippen LogP contribution in [0.4, 0.5) is 0 Å². The predicted octanol–water partition coefficient (Wildman–Crippen LogP) is 2.50. The molecule has 2 rings (SSSR count). The molecule has 0 spiro atoms. The molecule has 0 saturated heterocycles. The molecule has 0 unspecified atom stereocenters. The first kappa shape index (κ1) is 11.2. The highest BCUT2D eigenvalue weighted by Gasteiger charge is 2.01. The maximum absolute atomic E-state index is 8.89.